The lowest BCUT2D eigenvalue weighted by Gasteiger charge is -2.17. The molecule has 0 aliphatic heterocycles. The number of rotatable bonds is 6. The van der Waals surface area contributed by atoms with Crippen LogP contribution in [0.2, 0.25) is 0 Å². The summed E-state index contributed by atoms with van der Waals surface area (Å²) in [5.41, 5.74) is 8.19. The van der Waals surface area contributed by atoms with Gasteiger partial charge >= 0.3 is 5.69 Å². The summed E-state index contributed by atoms with van der Waals surface area (Å²) in [4.78, 5) is 25.0. The predicted molar refractivity (Wildman–Crippen MR) is 102 cm³/mol. The maximum Gasteiger partial charge on any atom is 0.332 e. The van der Waals surface area contributed by atoms with E-state index >= 15 is 0 Å². The molecule has 0 saturated heterocycles. The first kappa shape index (κ1) is 17.8. The molecule has 0 atom stereocenters. The molecule has 2 N–H and O–H groups in total. The molecule has 1 aromatic heterocycles. The van der Waals surface area contributed by atoms with Gasteiger partial charge in [-0.05, 0) is 64.2 Å². The third-order valence-corrected chi connectivity index (χ3v) is 5.39. The number of allylic oxidation sites excluding steroid dienone is 4. The minimum absolute atomic E-state index is 0.266. The number of hydrogen-bond acceptors (Lipinski definition) is 3. The normalized spacial score (nSPS) is 17.9. The third-order valence-electron chi connectivity index (χ3n) is 5.39. The van der Waals surface area contributed by atoms with Gasteiger partial charge in [0.15, 0.2) is 0 Å². The number of nitrogen functional groups attached to an aromatic ring is 1. The largest absolute Gasteiger partial charge is 0.385 e. The highest BCUT2D eigenvalue weighted by atomic mass is 16.2. The Morgan fingerprint density at radius 3 is 1.92 bits per heavy atom. The van der Waals surface area contributed by atoms with Crippen LogP contribution in [0.1, 0.15) is 64.2 Å². The van der Waals surface area contributed by atoms with Crippen LogP contribution in [0.25, 0.3) is 0 Å². The first-order valence-electron chi connectivity index (χ1n) is 9.61. The number of nitrogens with two attached hydrogens (primary N) is 1. The zero-order valence-electron chi connectivity index (χ0n) is 15.0. The van der Waals surface area contributed by atoms with Crippen LogP contribution in [-0.4, -0.2) is 9.13 Å². The van der Waals surface area contributed by atoms with Crippen LogP contribution in [0.4, 0.5) is 5.82 Å². The monoisotopic (exact) mass is 343 g/mol. The van der Waals surface area contributed by atoms with Gasteiger partial charge in [0.2, 0.25) is 0 Å². The average molecular weight is 343 g/mol. The highest BCUT2D eigenvalue weighted by Gasteiger charge is 2.12. The second-order valence-electron chi connectivity index (χ2n) is 7.21. The second kappa shape index (κ2) is 8.37. The summed E-state index contributed by atoms with van der Waals surface area (Å²) in [6, 6.07) is 1.39. The van der Waals surface area contributed by atoms with Crippen molar-refractivity contribution < 1.29 is 0 Å². The van der Waals surface area contributed by atoms with Crippen LogP contribution >= 0.6 is 0 Å². The van der Waals surface area contributed by atoms with Gasteiger partial charge in [0, 0.05) is 19.2 Å². The summed E-state index contributed by atoms with van der Waals surface area (Å²) >= 11 is 0. The maximum atomic E-state index is 12.8. The van der Waals surface area contributed by atoms with Gasteiger partial charge in [-0.2, -0.15) is 0 Å². The Bertz CT molecular complexity index is 783. The third kappa shape index (κ3) is 4.53. The van der Waals surface area contributed by atoms with E-state index in [-0.39, 0.29) is 17.1 Å². The molecule has 0 saturated carbocycles. The van der Waals surface area contributed by atoms with Gasteiger partial charge in [-0.25, -0.2) is 4.79 Å². The van der Waals surface area contributed by atoms with Gasteiger partial charge < -0.3 is 5.73 Å². The van der Waals surface area contributed by atoms with E-state index in [1.54, 1.807) is 4.57 Å². The maximum absolute atomic E-state index is 12.8. The Kier molecular flexibility index (Phi) is 5.95. The molecule has 0 amide bonds. The molecule has 136 valence electrons. The van der Waals surface area contributed by atoms with Crippen LogP contribution in [-0.2, 0) is 13.1 Å². The first-order chi connectivity index (χ1) is 12.1. The average Bonchev–Trinajstić information content (AvgIpc) is 2.63. The molecule has 1 heterocycles. The van der Waals surface area contributed by atoms with E-state index in [9.17, 15) is 9.59 Å². The molecule has 0 radical (unpaired) electrons. The van der Waals surface area contributed by atoms with Crippen molar-refractivity contribution in [1.82, 2.24) is 9.13 Å². The standard InChI is InChI=1S/C20H29N3O2/c21-18-15-19(24)23(14-12-17-9-5-2-6-10-17)20(25)22(18)13-11-16-7-3-1-4-8-16/h7,9,15H,1-6,8,10-14,21H2. The van der Waals surface area contributed by atoms with E-state index in [1.165, 1.54) is 47.5 Å². The molecular formula is C20H29N3O2. The van der Waals surface area contributed by atoms with Crippen molar-refractivity contribution in [1.29, 1.82) is 0 Å². The van der Waals surface area contributed by atoms with Crippen LogP contribution in [0.15, 0.2) is 39.0 Å². The molecule has 0 spiro atoms. The number of aromatic nitrogens is 2. The van der Waals surface area contributed by atoms with Crippen molar-refractivity contribution in [2.45, 2.75) is 77.3 Å². The lowest BCUT2D eigenvalue weighted by Crippen LogP contribution is -2.40. The zero-order chi connectivity index (χ0) is 17.6. The fraction of sp³-hybridized carbons (Fsp3) is 0.600. The predicted octanol–water partition coefficient (Wildman–Crippen LogP) is 3.37. The minimum Gasteiger partial charge on any atom is -0.385 e. The van der Waals surface area contributed by atoms with Gasteiger partial charge in [0.25, 0.3) is 5.56 Å². The summed E-state index contributed by atoms with van der Waals surface area (Å²) in [6.07, 6.45) is 15.6. The van der Waals surface area contributed by atoms with Crippen molar-refractivity contribution in [2.24, 2.45) is 0 Å². The molecule has 3 rings (SSSR count). The number of anilines is 1. The van der Waals surface area contributed by atoms with Crippen molar-refractivity contribution in [2.75, 3.05) is 5.73 Å². The molecule has 5 nitrogen and oxygen atoms in total. The van der Waals surface area contributed by atoms with Crippen LogP contribution < -0.4 is 17.0 Å². The molecule has 2 aliphatic carbocycles. The van der Waals surface area contributed by atoms with Gasteiger partial charge in [0.1, 0.15) is 5.82 Å². The van der Waals surface area contributed by atoms with Gasteiger partial charge in [-0.15, -0.1) is 0 Å². The van der Waals surface area contributed by atoms with Crippen molar-refractivity contribution >= 4 is 5.82 Å². The summed E-state index contributed by atoms with van der Waals surface area (Å²) in [6.45, 7) is 1.01. The van der Waals surface area contributed by atoms with E-state index in [1.807, 2.05) is 0 Å². The highest BCUT2D eigenvalue weighted by molar-refractivity contribution is 5.27. The summed E-state index contributed by atoms with van der Waals surface area (Å²) in [5, 5.41) is 0. The lowest BCUT2D eigenvalue weighted by molar-refractivity contribution is 0.537. The number of nitrogens with zero attached hydrogens (tertiary/aromatic N) is 2. The fourth-order valence-corrected chi connectivity index (χ4v) is 3.84. The van der Waals surface area contributed by atoms with Crippen LogP contribution in [0.3, 0.4) is 0 Å². The van der Waals surface area contributed by atoms with Crippen LogP contribution in [0.5, 0.6) is 0 Å². The highest BCUT2D eigenvalue weighted by Crippen LogP contribution is 2.21. The summed E-state index contributed by atoms with van der Waals surface area (Å²) in [5.74, 6) is 0.277. The Hall–Kier alpha value is -2.04. The quantitative estimate of drug-likeness (QED) is 0.805. The van der Waals surface area contributed by atoms with Gasteiger partial charge in [0.05, 0.1) is 0 Å². The molecule has 1 aromatic rings. The van der Waals surface area contributed by atoms with Crippen LogP contribution in [0, 0.1) is 0 Å². The van der Waals surface area contributed by atoms with Crippen molar-refractivity contribution in [3.05, 3.63) is 50.2 Å². The molecule has 0 aromatic carbocycles. The molecule has 25 heavy (non-hydrogen) atoms. The van der Waals surface area contributed by atoms with Gasteiger partial charge in [-0.3, -0.25) is 13.9 Å². The SMILES string of the molecule is Nc1cc(=O)n(CCC2=CCCCC2)c(=O)n1CCC1=CCCCC1. The molecule has 0 fully saturated rings. The molecule has 5 heteroatoms. The summed E-state index contributed by atoms with van der Waals surface area (Å²) < 4.78 is 2.91. The van der Waals surface area contributed by atoms with E-state index in [0.717, 1.165) is 38.5 Å². The Morgan fingerprint density at radius 2 is 1.40 bits per heavy atom. The Labute approximate surface area is 148 Å². The van der Waals surface area contributed by atoms with E-state index < -0.39 is 0 Å². The van der Waals surface area contributed by atoms with E-state index in [0.29, 0.717) is 13.1 Å². The lowest BCUT2D eigenvalue weighted by atomic mass is 9.97. The summed E-state index contributed by atoms with van der Waals surface area (Å²) in [7, 11) is 0. The van der Waals surface area contributed by atoms with Crippen molar-refractivity contribution in [3.63, 3.8) is 0 Å². The molecule has 0 unspecified atom stereocenters. The Balaban J connectivity index is 1.74. The van der Waals surface area contributed by atoms with E-state index in [2.05, 4.69) is 12.2 Å². The minimum atomic E-state index is -0.285. The number of hydrogen-bond donors (Lipinski definition) is 1. The molecule has 0 bridgehead atoms. The fourth-order valence-electron chi connectivity index (χ4n) is 3.84. The van der Waals surface area contributed by atoms with Gasteiger partial charge in [-0.1, -0.05) is 23.3 Å². The molecule has 2 aliphatic rings. The van der Waals surface area contributed by atoms with E-state index in [4.69, 9.17) is 5.73 Å². The topological polar surface area (TPSA) is 70.0 Å². The first-order valence-corrected chi connectivity index (χ1v) is 9.61. The molecular weight excluding hydrogens is 314 g/mol. The second-order valence-corrected chi connectivity index (χ2v) is 7.21. The zero-order valence-corrected chi connectivity index (χ0v) is 15.0. The van der Waals surface area contributed by atoms with Crippen molar-refractivity contribution in [3.8, 4) is 0 Å². The smallest absolute Gasteiger partial charge is 0.332 e. The Morgan fingerprint density at radius 1 is 0.840 bits per heavy atom.